The van der Waals surface area contributed by atoms with E-state index in [1.165, 1.54) is 22.3 Å². The van der Waals surface area contributed by atoms with Crippen LogP contribution in [0.15, 0.2) is 200 Å². The van der Waals surface area contributed by atoms with Crippen molar-refractivity contribution >= 4 is 17.1 Å². The maximum absolute atomic E-state index is 9.47. The van der Waals surface area contributed by atoms with Crippen molar-refractivity contribution < 1.29 is 5.48 Å². The van der Waals surface area contributed by atoms with Gasteiger partial charge in [0.25, 0.3) is 0 Å². The molecule has 8 aromatic rings. The lowest BCUT2D eigenvalue weighted by molar-refractivity contribution is 0.660. The number of nitrogens with zero attached hydrogens (tertiary/aromatic N) is 1. The molecule has 1 nitrogen and oxygen atoms in total. The van der Waals surface area contributed by atoms with Gasteiger partial charge in [-0.3, -0.25) is 0 Å². The smallest absolute Gasteiger partial charge is 0.0629 e. The summed E-state index contributed by atoms with van der Waals surface area (Å²) in [4.78, 5) is 2.22. The van der Waals surface area contributed by atoms with E-state index in [9.17, 15) is 5.48 Å². The Balaban J connectivity index is 1.32. The quantitative estimate of drug-likeness (QED) is 0.163. The highest BCUT2D eigenvalue weighted by molar-refractivity contribution is 5.93. The summed E-state index contributed by atoms with van der Waals surface area (Å²) in [6.45, 7) is 4.56. The Hall–Kier alpha value is -6.44. The van der Waals surface area contributed by atoms with Gasteiger partial charge in [-0.2, -0.15) is 0 Å². The Labute approximate surface area is 312 Å². The molecule has 0 aliphatic heterocycles. The Bertz CT molecular complexity index is 2710. The molecule has 0 aromatic heterocycles. The number of hydrogen-bond donors (Lipinski definition) is 0. The molecule has 0 amide bonds. The summed E-state index contributed by atoms with van der Waals surface area (Å²) in [5.41, 5.74) is 13.3. The predicted molar refractivity (Wildman–Crippen MR) is 220 cm³/mol. The molecule has 1 aliphatic rings. The number of fused-ring (bicyclic) bond motifs is 3. The number of hydrogen-bond acceptors (Lipinski definition) is 1. The number of benzene rings is 8. The van der Waals surface area contributed by atoms with Gasteiger partial charge >= 0.3 is 0 Å². The van der Waals surface area contributed by atoms with E-state index in [1.54, 1.807) is 0 Å². The molecule has 0 saturated carbocycles. The standard InChI is InChI=1S/C51H39N/c1-51(2)48-21-13-12-20-46(48)47-33-31-44(35-49(47)51)52(43-29-26-40(27-30-43)37-16-8-4-9-17-37)50-34-42(38-18-10-5-11-19-38)28-32-45(50)41-24-22-39(23-25-41)36-14-6-3-7-15-36/h3-35H,1-2H3/i22D,23D,24D,25D. The lowest BCUT2D eigenvalue weighted by Gasteiger charge is -2.30. The topological polar surface area (TPSA) is 3.24 Å². The van der Waals surface area contributed by atoms with Crippen LogP contribution in [0.5, 0.6) is 0 Å². The van der Waals surface area contributed by atoms with Crippen LogP contribution in [0.4, 0.5) is 17.1 Å². The zero-order chi connectivity index (χ0) is 38.6. The van der Waals surface area contributed by atoms with E-state index in [2.05, 4.69) is 116 Å². The fraction of sp³-hybridized carbons (Fsp3) is 0.0588. The van der Waals surface area contributed by atoms with Crippen LogP contribution in [-0.4, -0.2) is 0 Å². The van der Waals surface area contributed by atoms with Gasteiger partial charge in [0.1, 0.15) is 0 Å². The minimum atomic E-state index is -0.240. The first-order valence-corrected chi connectivity index (χ1v) is 17.8. The summed E-state index contributed by atoms with van der Waals surface area (Å²) in [7, 11) is 0. The molecule has 0 atom stereocenters. The summed E-state index contributed by atoms with van der Waals surface area (Å²) < 4.78 is 37.4. The first kappa shape index (κ1) is 27.3. The zero-order valence-corrected chi connectivity index (χ0v) is 29.2. The average molecular weight is 670 g/mol. The summed E-state index contributed by atoms with van der Waals surface area (Å²) in [6.07, 6.45) is 0. The van der Waals surface area contributed by atoms with Gasteiger partial charge in [-0.15, -0.1) is 0 Å². The zero-order valence-electron chi connectivity index (χ0n) is 33.2. The molecule has 0 unspecified atom stereocenters. The normalized spacial score (nSPS) is 13.7. The fourth-order valence-corrected chi connectivity index (χ4v) is 7.63. The molecule has 0 fully saturated rings. The van der Waals surface area contributed by atoms with E-state index in [0.717, 1.165) is 39.3 Å². The lowest BCUT2D eigenvalue weighted by atomic mass is 9.82. The lowest BCUT2D eigenvalue weighted by Crippen LogP contribution is -2.17. The third-order valence-electron chi connectivity index (χ3n) is 10.4. The van der Waals surface area contributed by atoms with Crippen LogP contribution in [0.25, 0.3) is 55.6 Å². The molecular weight excluding hydrogens is 627 g/mol. The van der Waals surface area contributed by atoms with Crippen LogP contribution in [0.3, 0.4) is 0 Å². The van der Waals surface area contributed by atoms with E-state index in [0.29, 0.717) is 16.7 Å². The second-order valence-electron chi connectivity index (χ2n) is 13.9. The second kappa shape index (κ2) is 13.0. The van der Waals surface area contributed by atoms with Crippen LogP contribution in [0, 0.1) is 0 Å². The third-order valence-corrected chi connectivity index (χ3v) is 10.4. The highest BCUT2D eigenvalue weighted by Crippen LogP contribution is 2.51. The molecule has 0 saturated heterocycles. The predicted octanol–water partition coefficient (Wildman–Crippen LogP) is 14.1. The van der Waals surface area contributed by atoms with E-state index in [1.807, 2.05) is 78.9 Å². The van der Waals surface area contributed by atoms with Crippen molar-refractivity contribution in [2.24, 2.45) is 0 Å². The summed E-state index contributed by atoms with van der Waals surface area (Å²) in [6, 6.07) is 59.4. The molecule has 8 aromatic carbocycles. The van der Waals surface area contributed by atoms with Gasteiger partial charge in [0.2, 0.25) is 0 Å². The first-order valence-electron chi connectivity index (χ1n) is 19.8. The summed E-state index contributed by atoms with van der Waals surface area (Å²) >= 11 is 0. The van der Waals surface area contributed by atoms with Crippen molar-refractivity contribution in [1.82, 2.24) is 0 Å². The van der Waals surface area contributed by atoms with Gasteiger partial charge < -0.3 is 4.90 Å². The van der Waals surface area contributed by atoms with Crippen LogP contribution in [-0.2, 0) is 5.41 Å². The van der Waals surface area contributed by atoms with Crippen molar-refractivity contribution in [2.45, 2.75) is 19.3 Å². The molecule has 0 bridgehead atoms. The maximum atomic E-state index is 9.47. The van der Waals surface area contributed by atoms with Crippen molar-refractivity contribution in [2.75, 3.05) is 4.90 Å². The maximum Gasteiger partial charge on any atom is 0.0629 e. The van der Waals surface area contributed by atoms with Crippen molar-refractivity contribution in [3.63, 3.8) is 0 Å². The third kappa shape index (κ3) is 5.61. The Morgan fingerprint density at radius 3 is 1.48 bits per heavy atom. The molecule has 248 valence electrons. The minimum Gasteiger partial charge on any atom is -0.310 e. The molecule has 0 heterocycles. The monoisotopic (exact) mass is 669 g/mol. The Morgan fingerprint density at radius 1 is 0.365 bits per heavy atom. The van der Waals surface area contributed by atoms with Crippen molar-refractivity contribution in [3.8, 4) is 55.6 Å². The summed E-state index contributed by atoms with van der Waals surface area (Å²) in [5.74, 6) is 0. The van der Waals surface area contributed by atoms with Gasteiger partial charge in [-0.1, -0.05) is 184 Å². The van der Waals surface area contributed by atoms with Crippen LogP contribution in [0.2, 0.25) is 0 Å². The SMILES string of the molecule is [2H]c1c([2H])c(-c2ccc(-c3ccccc3)cc2N(c2ccc(-c3ccccc3)cc2)c2ccc3c(c2)C(C)(C)c2ccccc2-3)c([2H])c([2H])c1-c1ccccc1. The van der Waals surface area contributed by atoms with Crippen LogP contribution < -0.4 is 4.90 Å². The van der Waals surface area contributed by atoms with Crippen molar-refractivity contribution in [3.05, 3.63) is 211 Å². The van der Waals surface area contributed by atoms with Gasteiger partial charge in [0.15, 0.2) is 0 Å². The Kier molecular flexibility index (Phi) is 6.84. The van der Waals surface area contributed by atoms with Crippen LogP contribution >= 0.6 is 0 Å². The van der Waals surface area contributed by atoms with E-state index >= 15 is 0 Å². The molecule has 0 spiro atoms. The van der Waals surface area contributed by atoms with E-state index in [-0.39, 0.29) is 35.1 Å². The van der Waals surface area contributed by atoms with Gasteiger partial charge in [-0.25, -0.2) is 0 Å². The molecule has 0 radical (unpaired) electrons. The highest BCUT2D eigenvalue weighted by atomic mass is 15.1. The van der Waals surface area contributed by atoms with Crippen molar-refractivity contribution in [1.29, 1.82) is 0 Å². The Morgan fingerprint density at radius 2 is 0.827 bits per heavy atom. The van der Waals surface area contributed by atoms with Gasteiger partial charge in [0.05, 0.1) is 11.2 Å². The number of anilines is 3. The molecule has 9 rings (SSSR count). The minimum absolute atomic E-state index is 0.0684. The first-order chi connectivity index (χ1) is 27.2. The molecule has 1 heteroatoms. The molecule has 0 N–H and O–H groups in total. The number of rotatable bonds is 7. The molecule has 52 heavy (non-hydrogen) atoms. The largest absolute Gasteiger partial charge is 0.310 e. The highest BCUT2D eigenvalue weighted by Gasteiger charge is 2.36. The summed E-state index contributed by atoms with van der Waals surface area (Å²) in [5, 5.41) is 0. The van der Waals surface area contributed by atoms with Gasteiger partial charge in [-0.05, 0) is 91.5 Å². The van der Waals surface area contributed by atoms with Gasteiger partial charge in [0, 0.05) is 22.4 Å². The molecule has 1 aliphatic carbocycles. The average Bonchev–Trinajstić information content (AvgIpc) is 3.47. The van der Waals surface area contributed by atoms with E-state index in [4.69, 9.17) is 0 Å². The fourth-order valence-electron chi connectivity index (χ4n) is 7.63. The van der Waals surface area contributed by atoms with Crippen LogP contribution in [0.1, 0.15) is 30.5 Å². The molecular formula is C51H39N. The van der Waals surface area contributed by atoms with E-state index < -0.39 is 0 Å². The second-order valence-corrected chi connectivity index (χ2v) is 13.9.